The Morgan fingerprint density at radius 3 is 1.97 bits per heavy atom. The van der Waals surface area contributed by atoms with E-state index in [1.165, 1.54) is 6.92 Å². The van der Waals surface area contributed by atoms with Gasteiger partial charge in [-0.2, -0.15) is 0 Å². The largest absolute Gasteiger partial charge is 0.457 e. The summed E-state index contributed by atoms with van der Waals surface area (Å²) in [5.74, 6) is -0.558. The van der Waals surface area contributed by atoms with E-state index >= 15 is 0 Å². The van der Waals surface area contributed by atoms with Gasteiger partial charge in [0, 0.05) is 6.92 Å². The van der Waals surface area contributed by atoms with E-state index in [9.17, 15) is 15.0 Å². The Morgan fingerprint density at radius 1 is 0.966 bits per heavy atom. The SMILES string of the molecule is CC(=O)O[C@@H](CO)[C@H]1O[C@H](O)[C@@H](OCc2ccccc2)[C@H]1OCc1ccccc1. The second kappa shape index (κ2) is 10.5. The Kier molecular flexibility index (Phi) is 7.74. The fraction of sp³-hybridized carbons (Fsp3) is 0.409. The van der Waals surface area contributed by atoms with E-state index in [1.807, 2.05) is 60.7 Å². The number of carbonyl (C=O) groups excluding carboxylic acids is 1. The Bertz CT molecular complexity index is 752. The molecule has 3 rings (SSSR count). The highest BCUT2D eigenvalue weighted by Gasteiger charge is 2.50. The van der Waals surface area contributed by atoms with Crippen molar-refractivity contribution in [1.29, 1.82) is 0 Å². The van der Waals surface area contributed by atoms with E-state index in [1.54, 1.807) is 0 Å². The fourth-order valence-electron chi connectivity index (χ4n) is 3.29. The summed E-state index contributed by atoms with van der Waals surface area (Å²) < 4.78 is 22.7. The summed E-state index contributed by atoms with van der Waals surface area (Å²) in [5.41, 5.74) is 1.87. The average molecular weight is 402 g/mol. The summed E-state index contributed by atoms with van der Waals surface area (Å²) in [7, 11) is 0. The summed E-state index contributed by atoms with van der Waals surface area (Å²) in [4.78, 5) is 11.4. The van der Waals surface area contributed by atoms with Gasteiger partial charge in [-0.3, -0.25) is 4.79 Å². The topological polar surface area (TPSA) is 94.5 Å². The zero-order valence-electron chi connectivity index (χ0n) is 16.2. The van der Waals surface area contributed by atoms with Crippen molar-refractivity contribution >= 4 is 5.97 Å². The third-order valence-electron chi connectivity index (χ3n) is 4.66. The van der Waals surface area contributed by atoms with Crippen LogP contribution in [0.4, 0.5) is 0 Å². The first-order chi connectivity index (χ1) is 14.1. The lowest BCUT2D eigenvalue weighted by Gasteiger charge is -2.27. The molecule has 0 radical (unpaired) electrons. The third-order valence-corrected chi connectivity index (χ3v) is 4.66. The van der Waals surface area contributed by atoms with Gasteiger partial charge in [0.25, 0.3) is 0 Å². The van der Waals surface area contributed by atoms with Crippen LogP contribution in [0.15, 0.2) is 60.7 Å². The van der Waals surface area contributed by atoms with Gasteiger partial charge in [0.05, 0.1) is 19.8 Å². The number of rotatable bonds is 9. The minimum Gasteiger partial charge on any atom is -0.457 e. The van der Waals surface area contributed by atoms with Crippen molar-refractivity contribution < 1.29 is 34.0 Å². The van der Waals surface area contributed by atoms with Crippen molar-refractivity contribution in [2.45, 2.75) is 50.8 Å². The Balaban J connectivity index is 1.74. The van der Waals surface area contributed by atoms with Crippen LogP contribution in [0.25, 0.3) is 0 Å². The molecule has 1 aliphatic heterocycles. The van der Waals surface area contributed by atoms with Gasteiger partial charge < -0.3 is 29.2 Å². The van der Waals surface area contributed by atoms with Gasteiger partial charge in [-0.25, -0.2) is 0 Å². The number of esters is 1. The van der Waals surface area contributed by atoms with Gasteiger partial charge in [-0.05, 0) is 11.1 Å². The molecule has 0 spiro atoms. The summed E-state index contributed by atoms with van der Waals surface area (Å²) in [5, 5.41) is 20.1. The minimum absolute atomic E-state index is 0.251. The van der Waals surface area contributed by atoms with Crippen molar-refractivity contribution in [3.8, 4) is 0 Å². The van der Waals surface area contributed by atoms with E-state index in [0.717, 1.165) is 11.1 Å². The van der Waals surface area contributed by atoms with Crippen LogP contribution in [0.3, 0.4) is 0 Å². The zero-order chi connectivity index (χ0) is 20.6. The zero-order valence-corrected chi connectivity index (χ0v) is 16.2. The predicted octanol–water partition coefficient (Wildman–Crippen LogP) is 1.80. The van der Waals surface area contributed by atoms with Crippen LogP contribution in [-0.2, 0) is 37.0 Å². The number of benzene rings is 2. The highest BCUT2D eigenvalue weighted by Crippen LogP contribution is 2.30. The molecular weight excluding hydrogens is 376 g/mol. The second-order valence-electron chi connectivity index (χ2n) is 6.84. The Labute approximate surface area is 169 Å². The highest BCUT2D eigenvalue weighted by molar-refractivity contribution is 5.66. The molecule has 1 fully saturated rings. The minimum atomic E-state index is -1.28. The fourth-order valence-corrected chi connectivity index (χ4v) is 3.29. The molecule has 29 heavy (non-hydrogen) atoms. The molecule has 7 heteroatoms. The summed E-state index contributed by atoms with van der Waals surface area (Å²) in [6.45, 7) is 1.29. The lowest BCUT2D eigenvalue weighted by atomic mass is 10.1. The van der Waals surface area contributed by atoms with Crippen molar-refractivity contribution in [1.82, 2.24) is 0 Å². The summed E-state index contributed by atoms with van der Waals surface area (Å²) in [6.07, 6.45) is -4.69. The molecule has 5 atom stereocenters. The molecule has 1 aliphatic rings. The van der Waals surface area contributed by atoms with Crippen molar-refractivity contribution in [3.63, 3.8) is 0 Å². The first-order valence-corrected chi connectivity index (χ1v) is 9.51. The van der Waals surface area contributed by atoms with Crippen molar-refractivity contribution in [3.05, 3.63) is 71.8 Å². The van der Waals surface area contributed by atoms with Crippen LogP contribution in [0.5, 0.6) is 0 Å². The number of hydrogen-bond acceptors (Lipinski definition) is 7. The number of hydrogen-bond donors (Lipinski definition) is 2. The third kappa shape index (κ3) is 5.85. The van der Waals surface area contributed by atoms with Crippen LogP contribution in [0, 0.1) is 0 Å². The predicted molar refractivity (Wildman–Crippen MR) is 104 cm³/mol. The quantitative estimate of drug-likeness (QED) is 0.618. The average Bonchev–Trinajstić information content (AvgIpc) is 3.05. The maximum absolute atomic E-state index is 11.4. The molecule has 7 nitrogen and oxygen atoms in total. The van der Waals surface area contributed by atoms with E-state index in [4.69, 9.17) is 18.9 Å². The molecular formula is C22H26O7. The second-order valence-corrected chi connectivity index (χ2v) is 6.84. The molecule has 0 aromatic heterocycles. The number of aliphatic hydroxyl groups is 2. The Morgan fingerprint density at radius 2 is 1.48 bits per heavy atom. The van der Waals surface area contributed by atoms with E-state index in [0.29, 0.717) is 0 Å². The van der Waals surface area contributed by atoms with Gasteiger partial charge in [0.2, 0.25) is 0 Å². The molecule has 1 heterocycles. The molecule has 2 aromatic rings. The molecule has 1 saturated heterocycles. The van der Waals surface area contributed by atoms with E-state index < -0.39 is 43.3 Å². The highest BCUT2D eigenvalue weighted by atomic mass is 16.7. The molecule has 0 bridgehead atoms. The maximum Gasteiger partial charge on any atom is 0.303 e. The number of ether oxygens (including phenoxy) is 4. The molecule has 156 valence electrons. The smallest absolute Gasteiger partial charge is 0.303 e. The summed E-state index contributed by atoms with van der Waals surface area (Å²) >= 11 is 0. The first kappa shape index (κ1) is 21.4. The van der Waals surface area contributed by atoms with Crippen LogP contribution < -0.4 is 0 Å². The van der Waals surface area contributed by atoms with Gasteiger partial charge in [-0.15, -0.1) is 0 Å². The maximum atomic E-state index is 11.4. The normalized spacial score (nSPS) is 24.9. The summed E-state index contributed by atoms with van der Waals surface area (Å²) in [6, 6.07) is 19.1. The standard InChI is InChI=1S/C22H26O7/c1-15(24)28-18(12-23)19-20(26-13-16-8-4-2-5-9-16)21(22(25)29-19)27-14-17-10-6-3-7-11-17/h2-11,18-23,25H,12-14H2,1H3/t18-,19+,20-,21-,22-/m0/s1. The van der Waals surface area contributed by atoms with Crippen LogP contribution in [-0.4, -0.2) is 53.5 Å². The molecule has 0 unspecified atom stereocenters. The van der Waals surface area contributed by atoms with Crippen molar-refractivity contribution in [2.24, 2.45) is 0 Å². The van der Waals surface area contributed by atoms with Gasteiger partial charge in [0.1, 0.15) is 18.3 Å². The van der Waals surface area contributed by atoms with Crippen molar-refractivity contribution in [2.75, 3.05) is 6.61 Å². The van der Waals surface area contributed by atoms with Crippen LogP contribution in [0.1, 0.15) is 18.1 Å². The number of carbonyl (C=O) groups is 1. The first-order valence-electron chi connectivity index (χ1n) is 9.51. The molecule has 0 aliphatic carbocycles. The molecule has 2 aromatic carbocycles. The van der Waals surface area contributed by atoms with Gasteiger partial charge in [-0.1, -0.05) is 60.7 Å². The molecule has 2 N–H and O–H groups in total. The number of aliphatic hydroxyl groups excluding tert-OH is 2. The lowest BCUT2D eigenvalue weighted by Crippen LogP contribution is -2.45. The van der Waals surface area contributed by atoms with Crippen LogP contribution in [0.2, 0.25) is 0 Å². The molecule has 0 amide bonds. The van der Waals surface area contributed by atoms with Gasteiger partial charge >= 0.3 is 5.97 Å². The van der Waals surface area contributed by atoms with Gasteiger partial charge in [0.15, 0.2) is 12.4 Å². The van der Waals surface area contributed by atoms with E-state index in [-0.39, 0.29) is 13.2 Å². The monoisotopic (exact) mass is 402 g/mol. The Hall–Kier alpha value is -2.29. The van der Waals surface area contributed by atoms with E-state index in [2.05, 4.69) is 0 Å². The van der Waals surface area contributed by atoms with Crippen LogP contribution >= 0.6 is 0 Å². The molecule has 0 saturated carbocycles. The lowest BCUT2D eigenvalue weighted by molar-refractivity contribution is -0.178.